The second kappa shape index (κ2) is 10.0. The predicted molar refractivity (Wildman–Crippen MR) is 69.5 cm³/mol. The summed E-state index contributed by atoms with van der Waals surface area (Å²) in [5.41, 5.74) is 1.58. The summed E-state index contributed by atoms with van der Waals surface area (Å²) in [6.07, 6.45) is 2.05. The van der Waals surface area contributed by atoms with Crippen molar-refractivity contribution in [1.82, 2.24) is 10.8 Å². The molecule has 0 aromatic rings. The molecular weight excluding hydrogens is 256 g/mol. The van der Waals surface area contributed by atoms with E-state index in [2.05, 4.69) is 5.32 Å². The van der Waals surface area contributed by atoms with Crippen LogP contribution in [0.3, 0.4) is 0 Å². The number of carbonyl (C=O) groups is 2. The Morgan fingerprint density at radius 2 is 2.00 bits per heavy atom. The van der Waals surface area contributed by atoms with Crippen molar-refractivity contribution in [2.24, 2.45) is 5.92 Å². The average Bonchev–Trinajstić information content (AvgIpc) is 2.35. The van der Waals surface area contributed by atoms with Crippen molar-refractivity contribution < 1.29 is 19.0 Å². The van der Waals surface area contributed by atoms with Gasteiger partial charge in [-0.3, -0.25) is 19.0 Å². The third-order valence-electron chi connectivity index (χ3n) is 2.55. The third-order valence-corrected chi connectivity index (χ3v) is 4.06. The van der Waals surface area contributed by atoms with E-state index in [0.717, 1.165) is 12.8 Å². The molecule has 2 atom stereocenters. The molecule has 7 heteroatoms. The Hall–Kier alpha value is -0.950. The normalized spacial score (nSPS) is 13.7. The summed E-state index contributed by atoms with van der Waals surface area (Å²) in [5.74, 6) is 0.0757. The number of rotatable bonds is 9. The summed E-state index contributed by atoms with van der Waals surface area (Å²) in [4.78, 5) is 22.1. The van der Waals surface area contributed by atoms with Gasteiger partial charge >= 0.3 is 0 Å². The maximum atomic E-state index is 11.8. The van der Waals surface area contributed by atoms with E-state index in [1.165, 1.54) is 7.05 Å². The fourth-order valence-corrected chi connectivity index (χ4v) is 3.03. The molecule has 0 bridgehead atoms. The molecule has 0 radical (unpaired) electrons. The molecule has 0 saturated heterocycles. The fourth-order valence-electron chi connectivity index (χ4n) is 1.64. The molecule has 3 N–H and O–H groups in total. The fraction of sp³-hybridized carbons (Fsp3) is 0.818. The van der Waals surface area contributed by atoms with Gasteiger partial charge in [0.25, 0.3) is 0 Å². The Kier molecular flexibility index (Phi) is 9.49. The van der Waals surface area contributed by atoms with E-state index in [9.17, 15) is 13.8 Å². The van der Waals surface area contributed by atoms with Crippen molar-refractivity contribution >= 4 is 22.6 Å². The molecule has 18 heavy (non-hydrogen) atoms. The minimum Gasteiger partial charge on any atom is -0.359 e. The zero-order valence-electron chi connectivity index (χ0n) is 10.9. The maximum absolute atomic E-state index is 11.8. The number of amides is 2. The van der Waals surface area contributed by atoms with E-state index in [-0.39, 0.29) is 24.7 Å². The molecule has 0 aromatic heterocycles. The third kappa shape index (κ3) is 8.19. The van der Waals surface area contributed by atoms with Crippen LogP contribution < -0.4 is 10.8 Å². The van der Waals surface area contributed by atoms with Gasteiger partial charge in [-0.2, -0.15) is 0 Å². The van der Waals surface area contributed by atoms with Gasteiger partial charge in [-0.15, -0.1) is 0 Å². The lowest BCUT2D eigenvalue weighted by Gasteiger charge is -2.14. The van der Waals surface area contributed by atoms with Crippen LogP contribution in [0.1, 0.15) is 32.6 Å². The van der Waals surface area contributed by atoms with Crippen LogP contribution in [0.15, 0.2) is 0 Å². The molecule has 2 unspecified atom stereocenters. The van der Waals surface area contributed by atoms with Gasteiger partial charge in [0, 0.05) is 42.2 Å². The predicted octanol–water partition coefficient (Wildman–Crippen LogP) is 0.183. The molecule has 0 fully saturated rings. The standard InChI is InChI=1S/C11H22N2O4S/c1-3-4-9(7-11(15)13-16)8-18(17)6-5-10(14)12-2/h9,16H,3-8H2,1-2H3,(H,12,14)(H,13,15). The Bertz CT molecular complexity index is 297. The number of hydrogen-bond acceptors (Lipinski definition) is 4. The zero-order valence-corrected chi connectivity index (χ0v) is 11.7. The van der Waals surface area contributed by atoms with Crippen molar-refractivity contribution in [3.05, 3.63) is 0 Å². The summed E-state index contributed by atoms with van der Waals surface area (Å²) >= 11 is 0. The first-order chi connectivity index (χ1) is 8.53. The summed E-state index contributed by atoms with van der Waals surface area (Å²) in [6.45, 7) is 1.98. The molecular formula is C11H22N2O4S. The Balaban J connectivity index is 4.10. The highest BCUT2D eigenvalue weighted by Crippen LogP contribution is 2.13. The molecule has 0 heterocycles. The number of hydroxylamine groups is 1. The first-order valence-corrected chi connectivity index (χ1v) is 7.50. The molecule has 106 valence electrons. The van der Waals surface area contributed by atoms with E-state index >= 15 is 0 Å². The van der Waals surface area contributed by atoms with Crippen LogP contribution in [0.5, 0.6) is 0 Å². The number of hydrogen-bond donors (Lipinski definition) is 3. The lowest BCUT2D eigenvalue weighted by molar-refractivity contribution is -0.130. The van der Waals surface area contributed by atoms with Gasteiger partial charge in [0.15, 0.2) is 0 Å². The van der Waals surface area contributed by atoms with Crippen molar-refractivity contribution in [1.29, 1.82) is 0 Å². The van der Waals surface area contributed by atoms with Gasteiger partial charge in [0.05, 0.1) is 0 Å². The van der Waals surface area contributed by atoms with Crippen LogP contribution in [-0.4, -0.2) is 39.8 Å². The summed E-state index contributed by atoms with van der Waals surface area (Å²) in [7, 11) is 0.424. The highest BCUT2D eigenvalue weighted by atomic mass is 32.2. The quantitative estimate of drug-likeness (QED) is 0.414. The molecule has 0 aromatic carbocycles. The minimum atomic E-state index is -1.11. The maximum Gasteiger partial charge on any atom is 0.243 e. The molecule has 0 spiro atoms. The van der Waals surface area contributed by atoms with Gasteiger partial charge in [-0.05, 0) is 12.3 Å². The number of nitrogens with one attached hydrogen (secondary N) is 2. The topological polar surface area (TPSA) is 95.5 Å². The highest BCUT2D eigenvalue weighted by Gasteiger charge is 2.16. The van der Waals surface area contributed by atoms with Crippen LogP contribution in [-0.2, 0) is 20.4 Å². The Morgan fingerprint density at radius 1 is 1.33 bits per heavy atom. The molecule has 2 amide bonds. The van der Waals surface area contributed by atoms with Gasteiger partial charge in [-0.25, -0.2) is 5.48 Å². The minimum absolute atomic E-state index is 0.0207. The van der Waals surface area contributed by atoms with Crippen molar-refractivity contribution in [2.45, 2.75) is 32.6 Å². The summed E-state index contributed by atoms with van der Waals surface area (Å²) < 4.78 is 11.8. The van der Waals surface area contributed by atoms with Crippen LogP contribution in [0.4, 0.5) is 0 Å². The Labute approximate surface area is 110 Å². The average molecular weight is 278 g/mol. The Morgan fingerprint density at radius 3 is 2.50 bits per heavy atom. The zero-order chi connectivity index (χ0) is 14.0. The van der Waals surface area contributed by atoms with Crippen LogP contribution in [0, 0.1) is 5.92 Å². The van der Waals surface area contributed by atoms with Crippen molar-refractivity contribution in [3.63, 3.8) is 0 Å². The first kappa shape index (κ1) is 17.1. The SMILES string of the molecule is CCCC(CC(=O)NO)CS(=O)CCC(=O)NC. The van der Waals surface area contributed by atoms with Gasteiger partial charge < -0.3 is 5.32 Å². The highest BCUT2D eigenvalue weighted by molar-refractivity contribution is 7.85. The lowest BCUT2D eigenvalue weighted by Crippen LogP contribution is -2.26. The van der Waals surface area contributed by atoms with Crippen LogP contribution in [0.25, 0.3) is 0 Å². The van der Waals surface area contributed by atoms with E-state index in [0.29, 0.717) is 11.5 Å². The summed E-state index contributed by atoms with van der Waals surface area (Å²) in [5, 5.41) is 10.9. The lowest BCUT2D eigenvalue weighted by atomic mass is 10.0. The largest absolute Gasteiger partial charge is 0.359 e. The molecule has 0 saturated carbocycles. The molecule has 6 nitrogen and oxygen atoms in total. The molecule has 0 aliphatic rings. The van der Waals surface area contributed by atoms with Gasteiger partial charge in [-0.1, -0.05) is 13.3 Å². The molecule has 0 aliphatic heterocycles. The van der Waals surface area contributed by atoms with Crippen molar-refractivity contribution in [2.75, 3.05) is 18.6 Å². The van der Waals surface area contributed by atoms with Gasteiger partial charge in [0.2, 0.25) is 11.8 Å². The van der Waals surface area contributed by atoms with Crippen LogP contribution in [0.2, 0.25) is 0 Å². The van der Waals surface area contributed by atoms with Crippen LogP contribution >= 0.6 is 0 Å². The second-order valence-corrected chi connectivity index (χ2v) is 5.75. The molecule has 0 aliphatic carbocycles. The van der Waals surface area contributed by atoms with Gasteiger partial charge in [0.1, 0.15) is 0 Å². The van der Waals surface area contributed by atoms with E-state index in [1.807, 2.05) is 6.92 Å². The monoisotopic (exact) mass is 278 g/mol. The number of carbonyl (C=O) groups excluding carboxylic acids is 2. The van der Waals surface area contributed by atoms with E-state index < -0.39 is 16.7 Å². The van der Waals surface area contributed by atoms with E-state index in [4.69, 9.17) is 5.21 Å². The first-order valence-electron chi connectivity index (χ1n) is 6.01. The van der Waals surface area contributed by atoms with Crippen molar-refractivity contribution in [3.8, 4) is 0 Å². The smallest absolute Gasteiger partial charge is 0.243 e. The van der Waals surface area contributed by atoms with E-state index in [1.54, 1.807) is 5.48 Å². The second-order valence-electron chi connectivity index (χ2n) is 4.13. The summed E-state index contributed by atoms with van der Waals surface area (Å²) in [6, 6.07) is 0. The molecule has 0 rings (SSSR count).